The Morgan fingerprint density at radius 1 is 0.380 bits per heavy atom. The monoisotopic (exact) mass is 660 g/mol. The van der Waals surface area contributed by atoms with Crippen LogP contribution in [0, 0.1) is 0 Å². The van der Waals surface area contributed by atoms with Gasteiger partial charge in [-0.25, -0.2) is 0 Å². The molecule has 0 saturated heterocycles. The number of nitrogen functional groups attached to an aromatic ring is 2. The van der Waals surface area contributed by atoms with Gasteiger partial charge in [0.15, 0.2) is 0 Å². The van der Waals surface area contributed by atoms with Crippen LogP contribution in [-0.4, -0.2) is 0 Å². The summed E-state index contributed by atoms with van der Waals surface area (Å²) in [5.74, 6) is 0. The normalized spacial score (nSPS) is 11.5. The van der Waals surface area contributed by atoms with E-state index in [0.717, 1.165) is 24.2 Å². The van der Waals surface area contributed by atoms with Crippen molar-refractivity contribution < 1.29 is 0 Å². The average molecular weight is 661 g/mol. The maximum absolute atomic E-state index is 6.16. The van der Waals surface area contributed by atoms with Crippen LogP contribution in [0.25, 0.3) is 54.9 Å². The average Bonchev–Trinajstić information content (AvgIpc) is 3.14. The summed E-state index contributed by atoms with van der Waals surface area (Å²) in [4.78, 5) is 0. The lowest BCUT2D eigenvalue weighted by Crippen LogP contribution is -2.01. The lowest BCUT2D eigenvalue weighted by Gasteiger charge is -2.23. The summed E-state index contributed by atoms with van der Waals surface area (Å²) in [6, 6.07) is 40.1. The maximum atomic E-state index is 6.16. The van der Waals surface area contributed by atoms with Crippen molar-refractivity contribution in [2.75, 3.05) is 11.5 Å². The Labute approximate surface area is 300 Å². The van der Waals surface area contributed by atoms with Gasteiger partial charge in [-0.1, -0.05) is 151 Å². The number of hydrogen-bond acceptors (Lipinski definition) is 2. The van der Waals surface area contributed by atoms with E-state index < -0.39 is 0 Å². The smallest absolute Gasteiger partial charge is 0.0314 e. The molecule has 0 amide bonds. The van der Waals surface area contributed by atoms with Crippen LogP contribution in [0.1, 0.15) is 102 Å². The van der Waals surface area contributed by atoms with Gasteiger partial charge in [0, 0.05) is 11.4 Å². The molecule has 50 heavy (non-hydrogen) atoms. The van der Waals surface area contributed by atoms with Crippen LogP contribution in [0.2, 0.25) is 0 Å². The molecule has 4 N–H and O–H groups in total. The van der Waals surface area contributed by atoms with E-state index in [4.69, 9.17) is 11.5 Å². The van der Waals surface area contributed by atoms with Crippen molar-refractivity contribution in [3.05, 3.63) is 120 Å². The van der Waals surface area contributed by atoms with Crippen LogP contribution in [-0.2, 0) is 12.8 Å². The molecule has 0 aliphatic rings. The third-order valence-electron chi connectivity index (χ3n) is 10.5. The summed E-state index contributed by atoms with van der Waals surface area (Å²) in [5.41, 5.74) is 24.7. The van der Waals surface area contributed by atoms with Crippen LogP contribution in [0.4, 0.5) is 11.4 Å². The van der Waals surface area contributed by atoms with Gasteiger partial charge in [0.05, 0.1) is 0 Å². The zero-order valence-electron chi connectivity index (χ0n) is 30.4. The lowest BCUT2D eigenvalue weighted by atomic mass is 9.80. The molecule has 0 spiro atoms. The molecule has 6 aromatic rings. The van der Waals surface area contributed by atoms with Crippen molar-refractivity contribution in [3.8, 4) is 33.4 Å². The number of rotatable bonds is 17. The van der Waals surface area contributed by atoms with E-state index in [1.165, 1.54) is 143 Å². The SMILES string of the molecule is CCCCCCCCc1cc(-c2ccc(N)cc2)c2ccccc2c1-c1c(CCCCCCCC)cc(-c2ccc(N)cc2)c2ccccc12. The molecule has 0 fully saturated rings. The van der Waals surface area contributed by atoms with Crippen LogP contribution in [0.5, 0.6) is 0 Å². The van der Waals surface area contributed by atoms with Crippen LogP contribution in [0.15, 0.2) is 109 Å². The highest BCUT2D eigenvalue weighted by Gasteiger charge is 2.21. The van der Waals surface area contributed by atoms with Crippen LogP contribution < -0.4 is 11.5 Å². The first-order valence-corrected chi connectivity index (χ1v) is 19.4. The van der Waals surface area contributed by atoms with E-state index in [1.807, 2.05) is 24.3 Å². The van der Waals surface area contributed by atoms with Gasteiger partial charge in [-0.15, -0.1) is 0 Å². The van der Waals surface area contributed by atoms with Gasteiger partial charge in [-0.05, 0) is 128 Å². The predicted octanol–water partition coefficient (Wildman–Crippen LogP) is 14.0. The molecule has 0 unspecified atom stereocenters. The topological polar surface area (TPSA) is 52.0 Å². The minimum absolute atomic E-state index is 0.800. The number of unbranched alkanes of at least 4 members (excludes halogenated alkanes) is 10. The number of fused-ring (bicyclic) bond motifs is 2. The van der Waals surface area contributed by atoms with E-state index in [9.17, 15) is 0 Å². The Balaban J connectivity index is 1.57. The number of hydrogen-bond donors (Lipinski definition) is 2. The first-order chi connectivity index (χ1) is 24.6. The summed E-state index contributed by atoms with van der Waals surface area (Å²) in [5, 5.41) is 5.29. The summed E-state index contributed by atoms with van der Waals surface area (Å²) >= 11 is 0. The molecule has 0 radical (unpaired) electrons. The molecule has 0 aliphatic heterocycles. The molecule has 0 bridgehead atoms. The van der Waals surface area contributed by atoms with Gasteiger partial charge in [0.1, 0.15) is 0 Å². The van der Waals surface area contributed by atoms with Crippen molar-refractivity contribution in [2.45, 2.75) is 104 Å². The van der Waals surface area contributed by atoms with Gasteiger partial charge in [-0.3, -0.25) is 0 Å². The Hall–Kier alpha value is -4.56. The molecule has 2 heteroatoms. The fraction of sp³-hybridized carbons (Fsp3) is 0.333. The molecule has 0 saturated carbocycles. The van der Waals surface area contributed by atoms with Crippen LogP contribution >= 0.6 is 0 Å². The molecule has 258 valence electrons. The standard InChI is InChI=1S/C48H56N2/c1-3-5-7-9-11-13-19-37-33-45(35-25-29-39(49)30-26-35)41-21-15-17-23-43(41)47(37)48-38(20-14-12-10-8-6-4-2)34-46(36-27-31-40(50)32-28-36)42-22-16-18-24-44(42)48/h15-18,21-34H,3-14,19-20,49-50H2,1-2H3. The third kappa shape index (κ3) is 8.24. The Morgan fingerprint density at radius 2 is 0.720 bits per heavy atom. The molecule has 2 nitrogen and oxygen atoms in total. The molecular weight excluding hydrogens is 605 g/mol. The molecule has 6 aromatic carbocycles. The Bertz CT molecular complexity index is 1840. The summed E-state index contributed by atoms with van der Waals surface area (Å²) in [6.07, 6.45) is 17.6. The molecule has 6 rings (SSSR count). The van der Waals surface area contributed by atoms with Gasteiger partial charge < -0.3 is 11.5 Å². The van der Waals surface area contributed by atoms with E-state index in [-0.39, 0.29) is 0 Å². The van der Waals surface area contributed by atoms with E-state index >= 15 is 0 Å². The van der Waals surface area contributed by atoms with Gasteiger partial charge in [-0.2, -0.15) is 0 Å². The first-order valence-electron chi connectivity index (χ1n) is 19.4. The third-order valence-corrected chi connectivity index (χ3v) is 10.5. The molecule has 0 aliphatic carbocycles. The highest BCUT2D eigenvalue weighted by Crippen LogP contribution is 2.46. The van der Waals surface area contributed by atoms with Gasteiger partial charge >= 0.3 is 0 Å². The lowest BCUT2D eigenvalue weighted by molar-refractivity contribution is 0.607. The fourth-order valence-electron chi connectivity index (χ4n) is 7.85. The maximum Gasteiger partial charge on any atom is 0.0314 e. The molecule has 0 atom stereocenters. The zero-order valence-corrected chi connectivity index (χ0v) is 30.4. The first kappa shape index (κ1) is 35.3. The zero-order chi connectivity index (χ0) is 34.7. The highest BCUT2D eigenvalue weighted by atomic mass is 14.5. The van der Waals surface area contributed by atoms with Crippen molar-refractivity contribution >= 4 is 32.9 Å². The van der Waals surface area contributed by atoms with Crippen LogP contribution in [0.3, 0.4) is 0 Å². The largest absolute Gasteiger partial charge is 0.399 e. The Kier molecular flexibility index (Phi) is 12.3. The quantitative estimate of drug-likeness (QED) is 0.0755. The fourth-order valence-corrected chi connectivity index (χ4v) is 7.85. The summed E-state index contributed by atoms with van der Waals surface area (Å²) < 4.78 is 0. The highest BCUT2D eigenvalue weighted by molar-refractivity contribution is 6.14. The number of nitrogens with two attached hydrogens (primary N) is 2. The molecule has 0 heterocycles. The summed E-state index contributed by atoms with van der Waals surface area (Å²) in [7, 11) is 0. The second kappa shape index (κ2) is 17.4. The molecular formula is C48H56N2. The van der Waals surface area contributed by atoms with Crippen molar-refractivity contribution in [1.82, 2.24) is 0 Å². The molecule has 0 aromatic heterocycles. The van der Waals surface area contributed by atoms with Crippen molar-refractivity contribution in [3.63, 3.8) is 0 Å². The minimum Gasteiger partial charge on any atom is -0.399 e. The predicted molar refractivity (Wildman–Crippen MR) is 221 cm³/mol. The Morgan fingerprint density at radius 3 is 1.10 bits per heavy atom. The summed E-state index contributed by atoms with van der Waals surface area (Å²) in [6.45, 7) is 4.59. The number of anilines is 2. The van der Waals surface area contributed by atoms with E-state index in [2.05, 4.69) is 98.8 Å². The number of benzene rings is 6. The van der Waals surface area contributed by atoms with Crippen molar-refractivity contribution in [2.24, 2.45) is 0 Å². The number of aryl methyl sites for hydroxylation is 2. The van der Waals surface area contributed by atoms with Crippen molar-refractivity contribution in [1.29, 1.82) is 0 Å². The minimum atomic E-state index is 0.800. The second-order valence-corrected chi connectivity index (χ2v) is 14.3. The van der Waals surface area contributed by atoms with Gasteiger partial charge in [0.2, 0.25) is 0 Å². The van der Waals surface area contributed by atoms with E-state index in [0.29, 0.717) is 0 Å². The van der Waals surface area contributed by atoms with Gasteiger partial charge in [0.25, 0.3) is 0 Å². The van der Waals surface area contributed by atoms with E-state index in [1.54, 1.807) is 0 Å². The second-order valence-electron chi connectivity index (χ2n) is 14.3.